The molecule has 2 amide bonds. The number of carbonyl (C=O) groups excluding carboxylic acids is 2. The average Bonchev–Trinajstić information content (AvgIpc) is 2.36. The van der Waals surface area contributed by atoms with E-state index in [0.717, 1.165) is 15.8 Å². The summed E-state index contributed by atoms with van der Waals surface area (Å²) in [5, 5.41) is 2.52. The SMILES string of the molecule is COc1ccc(Br)c(CN2CC(=O)NCC2=O)c1. The lowest BCUT2D eigenvalue weighted by molar-refractivity contribution is -0.141. The van der Waals surface area contributed by atoms with E-state index in [-0.39, 0.29) is 24.9 Å². The maximum Gasteiger partial charge on any atom is 0.242 e. The van der Waals surface area contributed by atoms with Crippen LogP contribution in [-0.2, 0) is 16.1 Å². The Kier molecular flexibility index (Phi) is 3.86. The van der Waals surface area contributed by atoms with Crippen LogP contribution in [0.2, 0.25) is 0 Å². The molecule has 0 atom stereocenters. The van der Waals surface area contributed by atoms with Crippen LogP contribution < -0.4 is 10.1 Å². The number of rotatable bonds is 3. The molecular weight excluding hydrogens is 300 g/mol. The molecule has 96 valence electrons. The Morgan fingerprint density at radius 3 is 2.94 bits per heavy atom. The van der Waals surface area contributed by atoms with Gasteiger partial charge in [0, 0.05) is 11.0 Å². The first-order chi connectivity index (χ1) is 8.60. The molecule has 2 rings (SSSR count). The predicted molar refractivity (Wildman–Crippen MR) is 69.1 cm³/mol. The van der Waals surface area contributed by atoms with Gasteiger partial charge in [-0.25, -0.2) is 0 Å². The van der Waals surface area contributed by atoms with Gasteiger partial charge in [0.1, 0.15) is 5.75 Å². The highest BCUT2D eigenvalue weighted by Gasteiger charge is 2.23. The van der Waals surface area contributed by atoms with Crippen LogP contribution in [0.15, 0.2) is 22.7 Å². The van der Waals surface area contributed by atoms with E-state index in [4.69, 9.17) is 4.74 Å². The molecule has 1 N–H and O–H groups in total. The summed E-state index contributed by atoms with van der Waals surface area (Å²) in [7, 11) is 1.59. The first-order valence-corrected chi connectivity index (χ1v) is 6.26. The van der Waals surface area contributed by atoms with Crippen molar-refractivity contribution in [2.45, 2.75) is 6.54 Å². The predicted octanol–water partition coefficient (Wildman–Crippen LogP) is 0.916. The van der Waals surface area contributed by atoms with Crippen LogP contribution >= 0.6 is 15.9 Å². The van der Waals surface area contributed by atoms with Crippen LogP contribution in [0.3, 0.4) is 0 Å². The molecule has 0 aliphatic carbocycles. The number of halogens is 1. The number of piperazine rings is 1. The summed E-state index contributed by atoms with van der Waals surface area (Å²) in [5.41, 5.74) is 0.914. The average molecular weight is 313 g/mol. The minimum atomic E-state index is -0.131. The highest BCUT2D eigenvalue weighted by Crippen LogP contribution is 2.24. The standard InChI is InChI=1S/C12H13BrN2O3/c1-18-9-2-3-10(13)8(4-9)6-15-7-11(16)14-5-12(15)17/h2-4H,5-7H2,1H3,(H,14,16). The summed E-state index contributed by atoms with van der Waals surface area (Å²) in [6, 6.07) is 5.55. The molecule has 0 unspecified atom stereocenters. The molecular formula is C12H13BrN2O3. The number of ether oxygens (including phenoxy) is 1. The zero-order chi connectivity index (χ0) is 13.1. The van der Waals surface area contributed by atoms with Gasteiger partial charge >= 0.3 is 0 Å². The summed E-state index contributed by atoms with van der Waals surface area (Å²) >= 11 is 3.43. The summed E-state index contributed by atoms with van der Waals surface area (Å²) in [4.78, 5) is 24.5. The molecule has 1 aromatic carbocycles. The second kappa shape index (κ2) is 5.39. The maximum absolute atomic E-state index is 11.7. The quantitative estimate of drug-likeness (QED) is 0.903. The van der Waals surface area contributed by atoms with E-state index in [9.17, 15) is 9.59 Å². The first kappa shape index (κ1) is 12.9. The number of methoxy groups -OCH3 is 1. The lowest BCUT2D eigenvalue weighted by Gasteiger charge is -2.27. The zero-order valence-corrected chi connectivity index (χ0v) is 11.5. The van der Waals surface area contributed by atoms with Crippen molar-refractivity contribution in [3.8, 4) is 5.75 Å². The number of carbonyl (C=O) groups is 2. The lowest BCUT2D eigenvalue weighted by atomic mass is 10.2. The third kappa shape index (κ3) is 2.81. The Bertz CT molecular complexity index is 490. The monoisotopic (exact) mass is 312 g/mol. The largest absolute Gasteiger partial charge is 0.497 e. The molecule has 1 fully saturated rings. The van der Waals surface area contributed by atoms with E-state index in [1.165, 1.54) is 4.90 Å². The van der Waals surface area contributed by atoms with Crippen LogP contribution in [0.5, 0.6) is 5.75 Å². The summed E-state index contributed by atoms with van der Waals surface area (Å²) < 4.78 is 6.03. The van der Waals surface area contributed by atoms with Gasteiger partial charge in [-0.1, -0.05) is 15.9 Å². The molecule has 0 spiro atoms. The van der Waals surface area contributed by atoms with Gasteiger partial charge in [-0.15, -0.1) is 0 Å². The van der Waals surface area contributed by atoms with E-state index in [2.05, 4.69) is 21.2 Å². The fourth-order valence-electron chi connectivity index (χ4n) is 1.75. The Morgan fingerprint density at radius 1 is 1.44 bits per heavy atom. The summed E-state index contributed by atoms with van der Waals surface area (Å²) in [5.74, 6) is 0.514. The fourth-order valence-corrected chi connectivity index (χ4v) is 2.12. The molecule has 5 nitrogen and oxygen atoms in total. The molecule has 0 radical (unpaired) electrons. The maximum atomic E-state index is 11.7. The van der Waals surface area contributed by atoms with Crippen LogP contribution in [0.1, 0.15) is 5.56 Å². The Balaban J connectivity index is 2.17. The molecule has 1 saturated heterocycles. The number of hydrogen-bond donors (Lipinski definition) is 1. The number of amides is 2. The first-order valence-electron chi connectivity index (χ1n) is 5.47. The van der Waals surface area contributed by atoms with Crippen LogP contribution in [0.4, 0.5) is 0 Å². The smallest absolute Gasteiger partial charge is 0.242 e. The fraction of sp³-hybridized carbons (Fsp3) is 0.333. The highest BCUT2D eigenvalue weighted by atomic mass is 79.9. The van der Waals surface area contributed by atoms with E-state index in [1.54, 1.807) is 7.11 Å². The van der Waals surface area contributed by atoms with E-state index < -0.39 is 0 Å². The van der Waals surface area contributed by atoms with Crippen molar-refractivity contribution in [1.82, 2.24) is 10.2 Å². The van der Waals surface area contributed by atoms with Crippen LogP contribution in [-0.4, -0.2) is 36.9 Å². The van der Waals surface area contributed by atoms with Gasteiger partial charge in [0.05, 0.1) is 20.2 Å². The topological polar surface area (TPSA) is 58.6 Å². The van der Waals surface area contributed by atoms with Crippen molar-refractivity contribution in [2.75, 3.05) is 20.2 Å². The minimum absolute atomic E-state index is 0.0699. The molecule has 18 heavy (non-hydrogen) atoms. The highest BCUT2D eigenvalue weighted by molar-refractivity contribution is 9.10. The van der Waals surface area contributed by atoms with Crippen molar-refractivity contribution >= 4 is 27.7 Å². The van der Waals surface area contributed by atoms with Crippen molar-refractivity contribution in [2.24, 2.45) is 0 Å². The molecule has 6 heteroatoms. The van der Waals surface area contributed by atoms with E-state index in [0.29, 0.717) is 6.54 Å². The van der Waals surface area contributed by atoms with E-state index in [1.807, 2.05) is 18.2 Å². The molecule has 1 aliphatic heterocycles. The second-order valence-corrected chi connectivity index (χ2v) is 4.84. The molecule has 0 bridgehead atoms. The van der Waals surface area contributed by atoms with Gasteiger partial charge in [0.2, 0.25) is 11.8 Å². The molecule has 1 aromatic rings. The molecule has 0 aromatic heterocycles. The number of nitrogens with zero attached hydrogens (tertiary/aromatic N) is 1. The molecule has 1 aliphatic rings. The number of benzene rings is 1. The Hall–Kier alpha value is -1.56. The number of hydrogen-bond acceptors (Lipinski definition) is 3. The van der Waals surface area contributed by atoms with Gasteiger partial charge in [-0.05, 0) is 23.8 Å². The molecule has 0 saturated carbocycles. The van der Waals surface area contributed by atoms with Gasteiger partial charge in [-0.2, -0.15) is 0 Å². The van der Waals surface area contributed by atoms with Gasteiger partial charge in [0.25, 0.3) is 0 Å². The number of nitrogens with one attached hydrogen (secondary N) is 1. The van der Waals surface area contributed by atoms with E-state index >= 15 is 0 Å². The van der Waals surface area contributed by atoms with Gasteiger partial charge in [0.15, 0.2) is 0 Å². The Morgan fingerprint density at radius 2 is 2.22 bits per heavy atom. The van der Waals surface area contributed by atoms with Gasteiger partial charge in [-0.3, -0.25) is 9.59 Å². The van der Waals surface area contributed by atoms with Crippen molar-refractivity contribution < 1.29 is 14.3 Å². The third-order valence-corrected chi connectivity index (χ3v) is 3.51. The van der Waals surface area contributed by atoms with Crippen molar-refractivity contribution in [3.63, 3.8) is 0 Å². The summed E-state index contributed by atoms with van der Waals surface area (Å²) in [6.45, 7) is 0.562. The molecule has 1 heterocycles. The zero-order valence-electron chi connectivity index (χ0n) is 9.90. The van der Waals surface area contributed by atoms with Gasteiger partial charge < -0.3 is 15.0 Å². The van der Waals surface area contributed by atoms with Crippen LogP contribution in [0, 0.1) is 0 Å². The van der Waals surface area contributed by atoms with Crippen LogP contribution in [0.25, 0.3) is 0 Å². The minimum Gasteiger partial charge on any atom is -0.497 e. The van der Waals surface area contributed by atoms with Crippen molar-refractivity contribution in [1.29, 1.82) is 0 Å². The van der Waals surface area contributed by atoms with Crippen molar-refractivity contribution in [3.05, 3.63) is 28.2 Å². The second-order valence-electron chi connectivity index (χ2n) is 3.98. The normalized spacial score (nSPS) is 15.6. The third-order valence-electron chi connectivity index (χ3n) is 2.74. The lowest BCUT2D eigenvalue weighted by Crippen LogP contribution is -2.51. The Labute approximate surface area is 113 Å². The summed E-state index contributed by atoms with van der Waals surface area (Å²) in [6.07, 6.45) is 0.